The predicted molar refractivity (Wildman–Crippen MR) is 99.2 cm³/mol. The Bertz CT molecular complexity index is 731. The second kappa shape index (κ2) is 8.65. The highest BCUT2D eigenvalue weighted by Gasteiger charge is 2.26. The van der Waals surface area contributed by atoms with Crippen molar-refractivity contribution in [2.75, 3.05) is 0 Å². The van der Waals surface area contributed by atoms with Gasteiger partial charge < -0.3 is 9.67 Å². The summed E-state index contributed by atoms with van der Waals surface area (Å²) in [6, 6.07) is 11.0. The van der Waals surface area contributed by atoms with Gasteiger partial charge in [0.25, 0.3) is 0 Å². The highest BCUT2D eigenvalue weighted by Crippen LogP contribution is 2.28. The number of aliphatic carboxylic acids is 1. The molecule has 0 aliphatic heterocycles. The van der Waals surface area contributed by atoms with E-state index in [0.717, 1.165) is 31.2 Å². The number of rotatable bonds is 9. The minimum atomic E-state index is -0.823. The maximum Gasteiger partial charge on any atom is 0.312 e. The molecule has 0 aliphatic carbocycles. The van der Waals surface area contributed by atoms with E-state index in [4.69, 9.17) is 0 Å². The molecule has 4 nitrogen and oxygen atoms in total. The molecule has 1 N–H and O–H groups in total. The van der Waals surface area contributed by atoms with E-state index in [9.17, 15) is 14.7 Å². The van der Waals surface area contributed by atoms with Gasteiger partial charge in [-0.2, -0.15) is 0 Å². The first-order valence-electron chi connectivity index (χ1n) is 8.96. The van der Waals surface area contributed by atoms with Crippen LogP contribution in [0.15, 0.2) is 36.4 Å². The lowest BCUT2D eigenvalue weighted by Crippen LogP contribution is -2.17. The van der Waals surface area contributed by atoms with Crippen LogP contribution in [0.1, 0.15) is 72.3 Å². The second-order valence-corrected chi connectivity index (χ2v) is 6.60. The van der Waals surface area contributed by atoms with E-state index in [1.807, 2.05) is 31.2 Å². The molecule has 1 unspecified atom stereocenters. The van der Waals surface area contributed by atoms with Crippen molar-refractivity contribution in [1.29, 1.82) is 0 Å². The van der Waals surface area contributed by atoms with E-state index in [0.29, 0.717) is 23.4 Å². The molecule has 0 saturated heterocycles. The van der Waals surface area contributed by atoms with Crippen molar-refractivity contribution in [3.05, 3.63) is 58.9 Å². The third-order valence-electron chi connectivity index (χ3n) is 4.71. The van der Waals surface area contributed by atoms with Gasteiger partial charge in [0, 0.05) is 18.3 Å². The van der Waals surface area contributed by atoms with Gasteiger partial charge in [0.2, 0.25) is 5.78 Å². The Morgan fingerprint density at radius 2 is 1.80 bits per heavy atom. The summed E-state index contributed by atoms with van der Waals surface area (Å²) in [6.07, 6.45) is 4.77. The van der Waals surface area contributed by atoms with Gasteiger partial charge in [-0.1, -0.05) is 62.9 Å². The third-order valence-corrected chi connectivity index (χ3v) is 4.71. The molecule has 134 valence electrons. The molecule has 25 heavy (non-hydrogen) atoms. The van der Waals surface area contributed by atoms with Gasteiger partial charge in [0.15, 0.2) is 0 Å². The molecule has 1 atom stereocenters. The average molecular weight is 341 g/mol. The van der Waals surface area contributed by atoms with Gasteiger partial charge in [-0.05, 0) is 25.0 Å². The van der Waals surface area contributed by atoms with Gasteiger partial charge >= 0.3 is 5.97 Å². The number of hydrogen-bond acceptors (Lipinski definition) is 2. The molecule has 2 rings (SSSR count). The van der Waals surface area contributed by atoms with E-state index >= 15 is 0 Å². The zero-order valence-corrected chi connectivity index (χ0v) is 15.3. The van der Waals surface area contributed by atoms with Crippen LogP contribution in [0.3, 0.4) is 0 Å². The number of carbonyl (C=O) groups is 2. The standard InChI is InChI=1S/C21H27NO3/c1-4-5-6-10-13-17(21(24)25)18-14-15(2)19(22(18)3)20(23)16-11-8-7-9-12-16/h7-9,11-12,14,17H,4-6,10,13H2,1-3H3,(H,24,25). The minimum absolute atomic E-state index is 0.0676. The summed E-state index contributed by atoms with van der Waals surface area (Å²) in [4.78, 5) is 24.6. The quantitative estimate of drug-likeness (QED) is 0.531. The maximum absolute atomic E-state index is 12.8. The summed E-state index contributed by atoms with van der Waals surface area (Å²) in [6.45, 7) is 4.01. The summed E-state index contributed by atoms with van der Waals surface area (Å²) < 4.78 is 1.77. The van der Waals surface area contributed by atoms with Crippen molar-refractivity contribution in [3.8, 4) is 0 Å². The lowest BCUT2D eigenvalue weighted by Gasteiger charge is -2.15. The van der Waals surface area contributed by atoms with E-state index in [-0.39, 0.29) is 5.78 Å². The van der Waals surface area contributed by atoms with Crippen LogP contribution in [0.2, 0.25) is 0 Å². The highest BCUT2D eigenvalue weighted by atomic mass is 16.4. The fraction of sp³-hybridized carbons (Fsp3) is 0.429. The first-order chi connectivity index (χ1) is 12.0. The second-order valence-electron chi connectivity index (χ2n) is 6.60. The molecule has 1 aromatic carbocycles. The predicted octanol–water partition coefficient (Wildman–Crippen LogP) is 4.70. The third kappa shape index (κ3) is 4.38. The molecule has 0 saturated carbocycles. The van der Waals surface area contributed by atoms with E-state index in [1.165, 1.54) is 0 Å². The van der Waals surface area contributed by atoms with Gasteiger partial charge in [0.1, 0.15) is 0 Å². The molecule has 1 heterocycles. The number of aryl methyl sites for hydroxylation is 1. The summed E-state index contributed by atoms with van der Waals surface area (Å²) in [5.41, 5.74) is 2.72. The highest BCUT2D eigenvalue weighted by molar-refractivity contribution is 6.09. The molecule has 2 aromatic rings. The number of nitrogens with zero attached hydrogens (tertiary/aromatic N) is 1. The van der Waals surface area contributed by atoms with Crippen molar-refractivity contribution in [2.45, 2.75) is 51.9 Å². The minimum Gasteiger partial charge on any atom is -0.481 e. The SMILES string of the molecule is CCCCCCC(C(=O)O)c1cc(C)c(C(=O)c2ccccc2)n1C. The van der Waals surface area contributed by atoms with E-state index < -0.39 is 11.9 Å². The maximum atomic E-state index is 12.8. The number of carboxylic acid groups (broad SMARTS) is 1. The Morgan fingerprint density at radius 1 is 1.12 bits per heavy atom. The van der Waals surface area contributed by atoms with Crippen LogP contribution in [-0.4, -0.2) is 21.4 Å². The number of hydrogen-bond donors (Lipinski definition) is 1. The van der Waals surface area contributed by atoms with Gasteiger partial charge in [-0.15, -0.1) is 0 Å². The van der Waals surface area contributed by atoms with Crippen LogP contribution in [0.25, 0.3) is 0 Å². The Kier molecular flexibility index (Phi) is 6.57. The Hall–Kier alpha value is -2.36. The van der Waals surface area contributed by atoms with Crippen LogP contribution in [0.4, 0.5) is 0 Å². The fourth-order valence-corrected chi connectivity index (χ4v) is 3.35. The zero-order valence-electron chi connectivity index (χ0n) is 15.3. The van der Waals surface area contributed by atoms with Gasteiger partial charge in [0.05, 0.1) is 11.6 Å². The van der Waals surface area contributed by atoms with Gasteiger partial charge in [-0.3, -0.25) is 9.59 Å². The summed E-state index contributed by atoms with van der Waals surface area (Å²) in [5, 5.41) is 9.67. The lowest BCUT2D eigenvalue weighted by atomic mass is 9.97. The van der Waals surface area contributed by atoms with Crippen molar-refractivity contribution >= 4 is 11.8 Å². The Balaban J connectivity index is 2.30. The molecule has 0 amide bonds. The molecular weight excluding hydrogens is 314 g/mol. The molecule has 0 bridgehead atoms. The molecule has 0 aliphatic rings. The monoisotopic (exact) mass is 341 g/mol. The molecule has 0 spiro atoms. The Morgan fingerprint density at radius 3 is 2.40 bits per heavy atom. The average Bonchev–Trinajstić information content (AvgIpc) is 2.89. The first kappa shape index (κ1) is 19.0. The summed E-state index contributed by atoms with van der Waals surface area (Å²) >= 11 is 0. The molecule has 4 heteroatoms. The zero-order chi connectivity index (χ0) is 18.4. The molecular formula is C21H27NO3. The van der Waals surface area contributed by atoms with Crippen LogP contribution >= 0.6 is 0 Å². The van der Waals surface area contributed by atoms with Crippen molar-refractivity contribution < 1.29 is 14.7 Å². The van der Waals surface area contributed by atoms with Crippen LogP contribution in [0.5, 0.6) is 0 Å². The van der Waals surface area contributed by atoms with Crippen molar-refractivity contribution in [1.82, 2.24) is 4.57 Å². The number of unbranched alkanes of at least 4 members (excludes halogenated alkanes) is 3. The number of aromatic nitrogens is 1. The van der Waals surface area contributed by atoms with Crippen LogP contribution in [-0.2, 0) is 11.8 Å². The van der Waals surface area contributed by atoms with Crippen LogP contribution in [0, 0.1) is 6.92 Å². The normalized spacial score (nSPS) is 12.1. The molecule has 1 aromatic heterocycles. The number of carbonyl (C=O) groups excluding carboxylic acids is 1. The number of ketones is 1. The molecule has 0 radical (unpaired) electrons. The van der Waals surface area contributed by atoms with Crippen molar-refractivity contribution in [2.24, 2.45) is 7.05 Å². The fourth-order valence-electron chi connectivity index (χ4n) is 3.35. The largest absolute Gasteiger partial charge is 0.481 e. The Labute approximate surface area is 149 Å². The molecule has 0 fully saturated rings. The summed E-state index contributed by atoms with van der Waals surface area (Å²) in [5.74, 6) is -1.46. The lowest BCUT2D eigenvalue weighted by molar-refractivity contribution is -0.139. The van der Waals surface area contributed by atoms with E-state index in [2.05, 4.69) is 6.92 Å². The summed E-state index contributed by atoms with van der Waals surface area (Å²) in [7, 11) is 1.79. The topological polar surface area (TPSA) is 59.3 Å². The smallest absolute Gasteiger partial charge is 0.312 e. The van der Waals surface area contributed by atoms with E-state index in [1.54, 1.807) is 23.7 Å². The number of carboxylic acids is 1. The van der Waals surface area contributed by atoms with Crippen molar-refractivity contribution in [3.63, 3.8) is 0 Å². The first-order valence-corrected chi connectivity index (χ1v) is 8.96. The van der Waals surface area contributed by atoms with Crippen LogP contribution < -0.4 is 0 Å². The number of benzene rings is 1. The van der Waals surface area contributed by atoms with Gasteiger partial charge in [-0.25, -0.2) is 0 Å².